The highest BCUT2D eigenvalue weighted by molar-refractivity contribution is 5.65. The molecule has 1 fully saturated rings. The molecule has 0 aromatic heterocycles. The summed E-state index contributed by atoms with van der Waals surface area (Å²) < 4.78 is 41.9. The molecule has 0 amide bonds. The molecule has 124 valence electrons. The summed E-state index contributed by atoms with van der Waals surface area (Å²) in [5.41, 5.74) is 1.44. The molecule has 0 atom stereocenters. The lowest BCUT2D eigenvalue weighted by Crippen LogP contribution is -2.11. The fourth-order valence-electron chi connectivity index (χ4n) is 3.41. The molecule has 1 saturated carbocycles. The van der Waals surface area contributed by atoms with Crippen LogP contribution in [-0.2, 0) is 0 Å². The van der Waals surface area contributed by atoms with Crippen molar-refractivity contribution in [1.82, 2.24) is 0 Å². The molecule has 0 radical (unpaired) electrons. The van der Waals surface area contributed by atoms with Crippen LogP contribution in [0.2, 0.25) is 0 Å². The lowest BCUT2D eigenvalue weighted by Gasteiger charge is -2.26. The van der Waals surface area contributed by atoms with Gasteiger partial charge in [-0.1, -0.05) is 31.9 Å². The zero-order chi connectivity index (χ0) is 16.6. The Hall–Kier alpha value is -1.77. The Balaban J connectivity index is 0.00000208. The summed E-state index contributed by atoms with van der Waals surface area (Å²) in [6.07, 6.45) is 4.49. The first-order valence-electron chi connectivity index (χ1n) is 8.21. The van der Waals surface area contributed by atoms with E-state index in [1.54, 1.807) is 6.07 Å². The summed E-state index contributed by atoms with van der Waals surface area (Å²) in [4.78, 5) is 0. The number of hydrogen-bond donors (Lipinski definition) is 0. The van der Waals surface area contributed by atoms with Crippen LogP contribution in [0.25, 0.3) is 11.1 Å². The molecule has 0 saturated heterocycles. The third kappa shape index (κ3) is 3.29. The van der Waals surface area contributed by atoms with E-state index in [9.17, 15) is 13.2 Å². The van der Waals surface area contributed by atoms with Crippen molar-refractivity contribution in [3.8, 4) is 11.1 Å². The Kier molecular flexibility index (Phi) is 4.47. The van der Waals surface area contributed by atoms with Gasteiger partial charge in [-0.05, 0) is 60.9 Å². The van der Waals surface area contributed by atoms with E-state index in [2.05, 4.69) is 6.92 Å². The Morgan fingerprint density at radius 1 is 0.870 bits per heavy atom. The molecule has 1 aliphatic rings. The number of hydrogen-bond acceptors (Lipinski definition) is 0. The zero-order valence-electron chi connectivity index (χ0n) is 13.5. The summed E-state index contributed by atoms with van der Waals surface area (Å²) in [6.45, 7) is 3.62. The summed E-state index contributed by atoms with van der Waals surface area (Å²) in [5.74, 6) is -0.576. The van der Waals surface area contributed by atoms with Crippen molar-refractivity contribution in [3.05, 3.63) is 58.9 Å². The maximum Gasteiger partial charge on any atom is 0.131 e. The molecule has 0 bridgehead atoms. The van der Waals surface area contributed by atoms with Crippen molar-refractivity contribution in [3.63, 3.8) is 0 Å². The Morgan fingerprint density at radius 3 is 2.04 bits per heavy atom. The highest BCUT2D eigenvalue weighted by Gasteiger charge is 2.21. The molecule has 3 rings (SSSR count). The summed E-state index contributed by atoms with van der Waals surface area (Å²) in [5, 5.41) is 0. The highest BCUT2D eigenvalue weighted by Crippen LogP contribution is 2.37. The topological polar surface area (TPSA) is 0 Å². The highest BCUT2D eigenvalue weighted by atomic mass is 19.1. The average molecular weight is 320 g/mol. The van der Waals surface area contributed by atoms with E-state index >= 15 is 0 Å². The first kappa shape index (κ1) is 16.1. The largest absolute Gasteiger partial charge is 0.207 e. The molecule has 23 heavy (non-hydrogen) atoms. The molecule has 2 aromatic rings. The minimum Gasteiger partial charge on any atom is -0.207 e. The molecular weight excluding hydrogens is 297 g/mol. The molecular formula is C20H23F3. The fraction of sp³-hybridized carbons (Fsp3) is 0.400. The lowest BCUT2D eigenvalue weighted by molar-refractivity contribution is 0.347. The summed E-state index contributed by atoms with van der Waals surface area (Å²) >= 11 is 0. The van der Waals surface area contributed by atoms with Crippen LogP contribution in [0.5, 0.6) is 0 Å². The molecule has 0 unspecified atom stereocenters. The van der Waals surface area contributed by atoms with Gasteiger partial charge < -0.3 is 0 Å². The second kappa shape index (κ2) is 6.38. The van der Waals surface area contributed by atoms with Crippen LogP contribution < -0.4 is 0 Å². The maximum atomic E-state index is 14.5. The fourth-order valence-corrected chi connectivity index (χ4v) is 3.41. The van der Waals surface area contributed by atoms with Gasteiger partial charge in [-0.15, -0.1) is 0 Å². The second-order valence-electron chi connectivity index (χ2n) is 6.76. The van der Waals surface area contributed by atoms with Crippen molar-refractivity contribution in [2.45, 2.75) is 45.4 Å². The van der Waals surface area contributed by atoms with Gasteiger partial charge in [-0.3, -0.25) is 0 Å². The van der Waals surface area contributed by atoms with Gasteiger partial charge in [0.25, 0.3) is 0 Å². The smallest absolute Gasteiger partial charge is 0.131 e. The summed E-state index contributed by atoms with van der Waals surface area (Å²) in [7, 11) is 0. The lowest BCUT2D eigenvalue weighted by atomic mass is 9.79. The third-order valence-electron chi connectivity index (χ3n) is 5.07. The second-order valence-corrected chi connectivity index (χ2v) is 6.76. The van der Waals surface area contributed by atoms with Crippen LogP contribution in [0, 0.1) is 30.3 Å². The Bertz CT molecular complexity index is 696. The molecule has 2 aromatic carbocycles. The molecule has 1 aliphatic carbocycles. The minimum absolute atomic E-state index is 0. The van der Waals surface area contributed by atoms with Crippen LogP contribution in [0.1, 0.15) is 51.1 Å². The van der Waals surface area contributed by atoms with E-state index in [0.29, 0.717) is 5.92 Å². The maximum absolute atomic E-state index is 14.5. The van der Waals surface area contributed by atoms with Crippen LogP contribution >= 0.6 is 0 Å². The van der Waals surface area contributed by atoms with Crippen molar-refractivity contribution < 1.29 is 14.6 Å². The first-order valence-corrected chi connectivity index (χ1v) is 8.21. The van der Waals surface area contributed by atoms with Gasteiger partial charge in [0.2, 0.25) is 0 Å². The molecule has 0 nitrogen and oxygen atoms in total. The van der Waals surface area contributed by atoms with Gasteiger partial charge in [0, 0.05) is 12.6 Å². The quantitative estimate of drug-likeness (QED) is 0.583. The third-order valence-corrected chi connectivity index (χ3v) is 5.07. The SMILES string of the molecule is Cc1c(F)cc(-c2ccc(C3CCC(C)CC3)cc2F)cc1F.[HH]. The minimum atomic E-state index is -0.648. The van der Waals surface area contributed by atoms with E-state index in [1.807, 2.05) is 6.07 Å². The van der Waals surface area contributed by atoms with Gasteiger partial charge in [0.05, 0.1) is 0 Å². The predicted molar refractivity (Wildman–Crippen MR) is 89.0 cm³/mol. The van der Waals surface area contributed by atoms with Gasteiger partial charge in [-0.25, -0.2) is 13.2 Å². The van der Waals surface area contributed by atoms with Crippen LogP contribution in [0.4, 0.5) is 13.2 Å². The Labute approximate surface area is 136 Å². The van der Waals surface area contributed by atoms with E-state index in [4.69, 9.17) is 0 Å². The van der Waals surface area contributed by atoms with Gasteiger partial charge in [-0.2, -0.15) is 0 Å². The number of rotatable bonds is 2. The summed E-state index contributed by atoms with van der Waals surface area (Å²) in [6, 6.07) is 7.46. The van der Waals surface area contributed by atoms with Crippen molar-refractivity contribution >= 4 is 0 Å². The van der Waals surface area contributed by atoms with Crippen molar-refractivity contribution in [1.29, 1.82) is 0 Å². The molecule has 0 heterocycles. The molecule has 0 N–H and O–H groups in total. The average Bonchev–Trinajstić information content (AvgIpc) is 2.53. The van der Waals surface area contributed by atoms with Crippen molar-refractivity contribution in [2.24, 2.45) is 5.92 Å². The van der Waals surface area contributed by atoms with E-state index in [0.717, 1.165) is 24.3 Å². The van der Waals surface area contributed by atoms with E-state index < -0.39 is 17.5 Å². The normalized spacial score (nSPS) is 21.4. The Morgan fingerprint density at radius 2 is 1.48 bits per heavy atom. The molecule has 3 heteroatoms. The first-order chi connectivity index (χ1) is 11.0. The van der Waals surface area contributed by atoms with E-state index in [-0.39, 0.29) is 18.1 Å². The molecule has 0 spiro atoms. The van der Waals surface area contributed by atoms with Crippen LogP contribution in [0.15, 0.2) is 30.3 Å². The molecule has 0 aliphatic heterocycles. The zero-order valence-corrected chi connectivity index (χ0v) is 13.5. The van der Waals surface area contributed by atoms with Crippen molar-refractivity contribution in [2.75, 3.05) is 0 Å². The number of halogens is 3. The predicted octanol–water partition coefficient (Wildman–Crippen LogP) is 6.62. The van der Waals surface area contributed by atoms with Gasteiger partial charge in [0.15, 0.2) is 0 Å². The standard InChI is InChI=1S/C20H21F3.H2/c1-12-3-5-14(6-4-12)15-7-8-17(20(23)9-15)16-10-18(21)13(2)19(22)11-16;/h7-12,14H,3-6H2,1-2H3;1H. The van der Waals surface area contributed by atoms with E-state index in [1.165, 1.54) is 38.0 Å². The van der Waals surface area contributed by atoms with Crippen LogP contribution in [0.3, 0.4) is 0 Å². The van der Waals surface area contributed by atoms with Gasteiger partial charge in [0.1, 0.15) is 17.5 Å². The van der Waals surface area contributed by atoms with Crippen LogP contribution in [-0.4, -0.2) is 0 Å². The number of benzene rings is 2. The van der Waals surface area contributed by atoms with Gasteiger partial charge >= 0.3 is 0 Å². The monoisotopic (exact) mass is 320 g/mol.